The molecule has 0 amide bonds. The quantitative estimate of drug-likeness (QED) is 0.521. The van der Waals surface area contributed by atoms with Crippen molar-refractivity contribution in [1.29, 1.82) is 0 Å². The Kier molecular flexibility index (Phi) is 2.09. The maximum Gasteiger partial charge on any atom is 0.0698 e. The van der Waals surface area contributed by atoms with Crippen LogP contribution < -0.4 is 5.32 Å². The minimum atomic E-state index is 0.376. The molecule has 1 aliphatic rings. The lowest BCUT2D eigenvalue weighted by molar-refractivity contribution is -0.00764. The second-order valence-corrected chi connectivity index (χ2v) is 2.89. The number of morpholine rings is 1. The molecule has 0 aromatic heterocycles. The highest BCUT2D eigenvalue weighted by atomic mass is 16.5. The fourth-order valence-electron chi connectivity index (χ4n) is 1.07. The minimum Gasteiger partial charge on any atom is -0.375 e. The Hall–Kier alpha value is -0.0800. The molecular formula is C7H15NO. The topological polar surface area (TPSA) is 21.3 Å². The van der Waals surface area contributed by atoms with Crippen molar-refractivity contribution in [2.75, 3.05) is 6.61 Å². The van der Waals surface area contributed by atoms with Crippen LogP contribution in [0.1, 0.15) is 20.8 Å². The molecule has 54 valence electrons. The lowest BCUT2D eigenvalue weighted by Gasteiger charge is -2.31. The zero-order chi connectivity index (χ0) is 6.85. The number of ether oxygens (including phenoxy) is 1. The molecular weight excluding hydrogens is 114 g/mol. The summed E-state index contributed by atoms with van der Waals surface area (Å²) in [7, 11) is 0. The Morgan fingerprint density at radius 3 is 2.44 bits per heavy atom. The minimum absolute atomic E-state index is 0.376. The van der Waals surface area contributed by atoms with Gasteiger partial charge in [0.2, 0.25) is 0 Å². The van der Waals surface area contributed by atoms with Crippen molar-refractivity contribution in [2.45, 2.75) is 39.0 Å². The Morgan fingerprint density at radius 2 is 2.00 bits per heavy atom. The molecule has 1 rings (SSSR count). The maximum atomic E-state index is 5.44. The second-order valence-electron chi connectivity index (χ2n) is 2.89. The van der Waals surface area contributed by atoms with Crippen LogP contribution in [0.25, 0.3) is 0 Å². The van der Waals surface area contributed by atoms with E-state index in [0.717, 1.165) is 6.61 Å². The molecule has 0 unspecified atom stereocenters. The number of hydrogen-bond acceptors (Lipinski definition) is 2. The molecule has 0 aromatic carbocycles. The summed E-state index contributed by atoms with van der Waals surface area (Å²) in [5.41, 5.74) is 0. The molecule has 1 fully saturated rings. The van der Waals surface area contributed by atoms with Gasteiger partial charge in [-0.25, -0.2) is 0 Å². The average Bonchev–Trinajstić information content (AvgIpc) is 1.80. The molecule has 0 saturated carbocycles. The SMILES string of the molecule is C[C@@H]1N[C@@H](C)CO[C@@H]1C. The van der Waals surface area contributed by atoms with Gasteiger partial charge < -0.3 is 10.1 Å². The zero-order valence-corrected chi connectivity index (χ0v) is 6.35. The van der Waals surface area contributed by atoms with Crippen molar-refractivity contribution in [3.63, 3.8) is 0 Å². The van der Waals surface area contributed by atoms with Crippen molar-refractivity contribution in [1.82, 2.24) is 5.32 Å². The molecule has 0 radical (unpaired) electrons. The summed E-state index contributed by atoms with van der Waals surface area (Å²) in [4.78, 5) is 0. The summed E-state index contributed by atoms with van der Waals surface area (Å²) in [6, 6.07) is 1.03. The van der Waals surface area contributed by atoms with E-state index in [1.54, 1.807) is 0 Å². The predicted octanol–water partition coefficient (Wildman–Crippen LogP) is 0.772. The Bertz CT molecular complexity index is 94.9. The van der Waals surface area contributed by atoms with Gasteiger partial charge in [-0.3, -0.25) is 0 Å². The summed E-state index contributed by atoms with van der Waals surface area (Å²) in [5, 5.41) is 3.40. The van der Waals surface area contributed by atoms with E-state index in [4.69, 9.17) is 4.74 Å². The third-order valence-corrected chi connectivity index (χ3v) is 1.86. The van der Waals surface area contributed by atoms with E-state index in [-0.39, 0.29) is 0 Å². The Labute approximate surface area is 56.6 Å². The summed E-state index contributed by atoms with van der Waals surface area (Å²) in [6.45, 7) is 7.25. The second kappa shape index (κ2) is 2.67. The third kappa shape index (κ3) is 1.66. The highest BCUT2D eigenvalue weighted by Gasteiger charge is 2.20. The van der Waals surface area contributed by atoms with Crippen LogP contribution >= 0.6 is 0 Å². The number of nitrogens with one attached hydrogen (secondary N) is 1. The van der Waals surface area contributed by atoms with E-state index in [9.17, 15) is 0 Å². The van der Waals surface area contributed by atoms with Gasteiger partial charge in [0.25, 0.3) is 0 Å². The fraction of sp³-hybridized carbons (Fsp3) is 1.00. The van der Waals surface area contributed by atoms with Crippen molar-refractivity contribution < 1.29 is 4.74 Å². The molecule has 1 N–H and O–H groups in total. The van der Waals surface area contributed by atoms with Gasteiger partial charge in [0.1, 0.15) is 0 Å². The summed E-state index contributed by atoms with van der Waals surface area (Å²) >= 11 is 0. The Morgan fingerprint density at radius 1 is 1.33 bits per heavy atom. The Balaban J connectivity index is 2.35. The molecule has 0 aliphatic carbocycles. The first-order valence-corrected chi connectivity index (χ1v) is 3.58. The van der Waals surface area contributed by atoms with E-state index >= 15 is 0 Å². The lowest BCUT2D eigenvalue weighted by atomic mass is 10.1. The lowest BCUT2D eigenvalue weighted by Crippen LogP contribution is -2.50. The first-order chi connectivity index (χ1) is 4.20. The van der Waals surface area contributed by atoms with Crippen LogP contribution in [0.3, 0.4) is 0 Å². The van der Waals surface area contributed by atoms with Gasteiger partial charge in [-0.1, -0.05) is 0 Å². The van der Waals surface area contributed by atoms with Gasteiger partial charge in [-0.05, 0) is 20.8 Å². The molecule has 3 atom stereocenters. The van der Waals surface area contributed by atoms with E-state index in [1.165, 1.54) is 0 Å². The molecule has 0 bridgehead atoms. The van der Waals surface area contributed by atoms with Crippen LogP contribution in [-0.2, 0) is 4.74 Å². The molecule has 1 aliphatic heterocycles. The van der Waals surface area contributed by atoms with Gasteiger partial charge in [0.05, 0.1) is 12.7 Å². The molecule has 0 spiro atoms. The monoisotopic (exact) mass is 129 g/mol. The highest BCUT2D eigenvalue weighted by Crippen LogP contribution is 2.05. The van der Waals surface area contributed by atoms with E-state index in [1.807, 2.05) is 0 Å². The normalized spacial score (nSPS) is 45.0. The third-order valence-electron chi connectivity index (χ3n) is 1.86. The maximum absolute atomic E-state index is 5.44. The van der Waals surface area contributed by atoms with E-state index in [2.05, 4.69) is 26.1 Å². The van der Waals surface area contributed by atoms with Gasteiger partial charge in [-0.15, -0.1) is 0 Å². The van der Waals surface area contributed by atoms with Crippen LogP contribution in [0.4, 0.5) is 0 Å². The molecule has 1 saturated heterocycles. The summed E-state index contributed by atoms with van der Waals surface area (Å²) in [6.07, 6.45) is 0.376. The first-order valence-electron chi connectivity index (χ1n) is 3.58. The molecule has 9 heavy (non-hydrogen) atoms. The van der Waals surface area contributed by atoms with Crippen molar-refractivity contribution in [3.8, 4) is 0 Å². The van der Waals surface area contributed by atoms with Gasteiger partial charge in [-0.2, -0.15) is 0 Å². The smallest absolute Gasteiger partial charge is 0.0698 e. The molecule has 0 aromatic rings. The van der Waals surface area contributed by atoms with Crippen molar-refractivity contribution >= 4 is 0 Å². The molecule has 2 nitrogen and oxygen atoms in total. The van der Waals surface area contributed by atoms with Crippen LogP contribution in [0.15, 0.2) is 0 Å². The summed E-state index contributed by atoms with van der Waals surface area (Å²) < 4.78 is 5.44. The standard InChI is InChI=1S/C7H15NO/c1-5-4-9-7(3)6(2)8-5/h5-8H,4H2,1-3H3/t5-,6-,7+/m0/s1. The van der Waals surface area contributed by atoms with Crippen LogP contribution in [0.2, 0.25) is 0 Å². The predicted molar refractivity (Wildman–Crippen MR) is 37.5 cm³/mol. The van der Waals surface area contributed by atoms with Crippen LogP contribution in [0.5, 0.6) is 0 Å². The summed E-state index contributed by atoms with van der Waals surface area (Å²) in [5.74, 6) is 0. The van der Waals surface area contributed by atoms with Gasteiger partial charge in [0.15, 0.2) is 0 Å². The van der Waals surface area contributed by atoms with Crippen LogP contribution in [-0.4, -0.2) is 24.8 Å². The highest BCUT2D eigenvalue weighted by molar-refractivity contribution is 4.77. The molecule has 1 heterocycles. The average molecular weight is 129 g/mol. The van der Waals surface area contributed by atoms with Crippen molar-refractivity contribution in [2.24, 2.45) is 0 Å². The van der Waals surface area contributed by atoms with Gasteiger partial charge >= 0.3 is 0 Å². The largest absolute Gasteiger partial charge is 0.375 e. The zero-order valence-electron chi connectivity index (χ0n) is 6.35. The van der Waals surface area contributed by atoms with Crippen molar-refractivity contribution in [3.05, 3.63) is 0 Å². The number of hydrogen-bond donors (Lipinski definition) is 1. The molecule has 2 heteroatoms. The first kappa shape index (κ1) is 7.03. The van der Waals surface area contributed by atoms with E-state index in [0.29, 0.717) is 18.2 Å². The number of rotatable bonds is 0. The van der Waals surface area contributed by atoms with Crippen LogP contribution in [0, 0.1) is 0 Å². The van der Waals surface area contributed by atoms with Gasteiger partial charge in [0, 0.05) is 12.1 Å². The fourth-order valence-corrected chi connectivity index (χ4v) is 1.07. The van der Waals surface area contributed by atoms with E-state index < -0.39 is 0 Å².